The van der Waals surface area contributed by atoms with E-state index in [1.54, 1.807) is 12.1 Å². The molecule has 0 aliphatic carbocycles. The molecule has 0 aromatic heterocycles. The highest BCUT2D eigenvalue weighted by Crippen LogP contribution is 2.12. The Morgan fingerprint density at radius 1 is 1.58 bits per heavy atom. The molecule has 0 atom stereocenters. The van der Waals surface area contributed by atoms with Gasteiger partial charge in [0.05, 0.1) is 5.56 Å². The van der Waals surface area contributed by atoms with Crippen LogP contribution in [0.25, 0.3) is 0 Å². The van der Waals surface area contributed by atoms with Crippen molar-refractivity contribution in [2.45, 2.75) is 0 Å². The van der Waals surface area contributed by atoms with Crippen LogP contribution in [0.15, 0.2) is 18.2 Å². The zero-order chi connectivity index (χ0) is 9.14. The first-order chi connectivity index (χ1) is 5.61. The van der Waals surface area contributed by atoms with Crippen molar-refractivity contribution >= 4 is 11.7 Å². The van der Waals surface area contributed by atoms with Gasteiger partial charge in [-0.05, 0) is 18.2 Å². The zero-order valence-electron chi connectivity index (χ0n) is 7.03. The molecule has 1 N–H and O–H groups in total. The fraction of sp³-hybridized carbons (Fsp3) is 0.222. The van der Waals surface area contributed by atoms with E-state index in [1.165, 1.54) is 0 Å². The Bertz CT molecular complexity index is 294. The lowest BCUT2D eigenvalue weighted by atomic mass is 10.2. The Kier molecular flexibility index (Phi) is 2.33. The highest BCUT2D eigenvalue weighted by Gasteiger charge is 2.03. The molecule has 0 bridgehead atoms. The Morgan fingerprint density at radius 3 is 2.75 bits per heavy atom. The van der Waals surface area contributed by atoms with Crippen LogP contribution in [-0.2, 0) is 0 Å². The first-order valence-corrected chi connectivity index (χ1v) is 3.53. The maximum Gasteiger partial charge on any atom is 0.336 e. The molecule has 63 valence electrons. The number of rotatable bonds is 2. The first-order valence-electron chi connectivity index (χ1n) is 3.53. The summed E-state index contributed by atoms with van der Waals surface area (Å²) in [6.45, 7) is 0. The Morgan fingerprint density at radius 2 is 2.25 bits per heavy atom. The second-order valence-corrected chi connectivity index (χ2v) is 2.66. The molecule has 0 spiro atoms. The fourth-order valence-electron chi connectivity index (χ4n) is 0.856. The molecule has 0 aliphatic heterocycles. The molecule has 1 radical (unpaired) electrons. The second-order valence-electron chi connectivity index (χ2n) is 2.66. The summed E-state index contributed by atoms with van der Waals surface area (Å²) in [5.41, 5.74) is 1.06. The van der Waals surface area contributed by atoms with Gasteiger partial charge in [0.1, 0.15) is 0 Å². The van der Waals surface area contributed by atoms with Gasteiger partial charge in [-0.1, -0.05) is 6.07 Å². The number of carbonyl (C=O) groups is 1. The van der Waals surface area contributed by atoms with Crippen LogP contribution in [0.1, 0.15) is 10.4 Å². The lowest BCUT2D eigenvalue weighted by molar-refractivity contribution is 0.0696. The second kappa shape index (κ2) is 3.26. The van der Waals surface area contributed by atoms with Crippen LogP contribution in [0.3, 0.4) is 0 Å². The molecule has 1 aromatic rings. The minimum Gasteiger partial charge on any atom is -0.478 e. The number of nitrogens with zero attached hydrogens (tertiary/aromatic N) is 1. The highest BCUT2D eigenvalue weighted by molar-refractivity contribution is 5.88. The van der Waals surface area contributed by atoms with E-state index in [1.807, 2.05) is 25.1 Å². The number of benzene rings is 1. The van der Waals surface area contributed by atoms with Gasteiger partial charge >= 0.3 is 5.97 Å². The van der Waals surface area contributed by atoms with Crippen LogP contribution in [0.4, 0.5) is 5.69 Å². The van der Waals surface area contributed by atoms with Crippen molar-refractivity contribution in [1.82, 2.24) is 0 Å². The topological polar surface area (TPSA) is 40.5 Å². The summed E-state index contributed by atoms with van der Waals surface area (Å²) in [7, 11) is 3.72. The molecule has 0 heterocycles. The van der Waals surface area contributed by atoms with Gasteiger partial charge in [-0.3, -0.25) is 0 Å². The smallest absolute Gasteiger partial charge is 0.336 e. The van der Waals surface area contributed by atoms with Gasteiger partial charge in [0.2, 0.25) is 0 Å². The van der Waals surface area contributed by atoms with E-state index in [4.69, 9.17) is 5.11 Å². The molecule has 0 aliphatic rings. The van der Waals surface area contributed by atoms with Crippen LogP contribution >= 0.6 is 0 Å². The molecule has 1 aromatic carbocycles. The average Bonchev–Trinajstić information content (AvgIpc) is 2.04. The van der Waals surface area contributed by atoms with Crippen LogP contribution < -0.4 is 4.90 Å². The average molecular weight is 164 g/mol. The van der Waals surface area contributed by atoms with E-state index < -0.39 is 5.97 Å². The summed E-state index contributed by atoms with van der Waals surface area (Å²) in [5.74, 6) is -0.946. The minimum atomic E-state index is -0.946. The minimum absolute atomic E-state index is 0.196. The predicted octanol–water partition coefficient (Wildman–Crippen LogP) is 1.25. The maximum absolute atomic E-state index is 10.5. The van der Waals surface area contributed by atoms with E-state index in [0.29, 0.717) is 0 Å². The summed E-state index contributed by atoms with van der Waals surface area (Å²) in [6.07, 6.45) is 0. The third-order valence-electron chi connectivity index (χ3n) is 1.53. The van der Waals surface area contributed by atoms with E-state index >= 15 is 0 Å². The Labute approximate surface area is 71.2 Å². The van der Waals surface area contributed by atoms with Crippen LogP contribution in [0.2, 0.25) is 0 Å². The van der Waals surface area contributed by atoms with E-state index in [0.717, 1.165) is 5.69 Å². The fourth-order valence-corrected chi connectivity index (χ4v) is 0.856. The first kappa shape index (κ1) is 8.59. The number of hydrogen-bond acceptors (Lipinski definition) is 2. The van der Waals surface area contributed by atoms with Crippen molar-refractivity contribution in [3.63, 3.8) is 0 Å². The molecule has 0 fully saturated rings. The third kappa shape index (κ3) is 1.75. The van der Waals surface area contributed by atoms with Crippen molar-refractivity contribution < 1.29 is 9.90 Å². The van der Waals surface area contributed by atoms with Crippen molar-refractivity contribution in [1.29, 1.82) is 0 Å². The Balaban J connectivity index is 3.04. The van der Waals surface area contributed by atoms with E-state index in [2.05, 4.69) is 6.07 Å². The number of carboxylic acids is 1. The molecule has 3 heteroatoms. The van der Waals surface area contributed by atoms with Gasteiger partial charge in [-0.25, -0.2) is 4.79 Å². The van der Waals surface area contributed by atoms with Gasteiger partial charge in [-0.15, -0.1) is 0 Å². The maximum atomic E-state index is 10.5. The van der Waals surface area contributed by atoms with Crippen molar-refractivity contribution in [2.24, 2.45) is 0 Å². The van der Waals surface area contributed by atoms with Gasteiger partial charge < -0.3 is 10.0 Å². The van der Waals surface area contributed by atoms with Gasteiger partial charge in [0.15, 0.2) is 0 Å². The highest BCUT2D eigenvalue weighted by atomic mass is 16.4. The molecule has 3 nitrogen and oxygen atoms in total. The standard InChI is InChI=1S/C9H10NO2/c1-10(2)8-5-3-4-7(6-8)9(11)12/h3,5-6H,1-2H3,(H,11,12). The third-order valence-corrected chi connectivity index (χ3v) is 1.53. The molecule has 12 heavy (non-hydrogen) atoms. The van der Waals surface area contributed by atoms with Gasteiger partial charge in [0.25, 0.3) is 0 Å². The largest absolute Gasteiger partial charge is 0.478 e. The summed E-state index contributed by atoms with van der Waals surface area (Å²) < 4.78 is 0. The van der Waals surface area contributed by atoms with Crippen molar-refractivity contribution in [2.75, 3.05) is 19.0 Å². The SMILES string of the molecule is CN(C)c1cc[c]c(C(=O)O)c1. The summed E-state index contributed by atoms with van der Waals surface area (Å²) in [5, 5.41) is 8.64. The number of aromatic carboxylic acids is 1. The molecule has 0 amide bonds. The lowest BCUT2D eigenvalue weighted by Crippen LogP contribution is -2.09. The molecule has 0 unspecified atom stereocenters. The lowest BCUT2D eigenvalue weighted by Gasteiger charge is -2.11. The molecular formula is C9H10NO2. The predicted molar refractivity (Wildman–Crippen MR) is 46.6 cm³/mol. The quantitative estimate of drug-likeness (QED) is 0.715. The normalized spacial score (nSPS) is 9.50. The van der Waals surface area contributed by atoms with Gasteiger partial charge in [-0.2, -0.15) is 0 Å². The van der Waals surface area contributed by atoms with Crippen LogP contribution in [0.5, 0.6) is 0 Å². The Hall–Kier alpha value is -1.51. The molecule has 1 rings (SSSR count). The van der Waals surface area contributed by atoms with Crippen molar-refractivity contribution in [3.8, 4) is 0 Å². The number of hydrogen-bond donors (Lipinski definition) is 1. The van der Waals surface area contributed by atoms with Crippen molar-refractivity contribution in [3.05, 3.63) is 29.8 Å². The van der Waals surface area contributed by atoms with E-state index in [-0.39, 0.29) is 5.56 Å². The summed E-state index contributed by atoms with van der Waals surface area (Å²) >= 11 is 0. The van der Waals surface area contributed by atoms with Crippen LogP contribution in [-0.4, -0.2) is 25.2 Å². The number of anilines is 1. The van der Waals surface area contributed by atoms with E-state index in [9.17, 15) is 4.79 Å². The zero-order valence-corrected chi connectivity index (χ0v) is 7.03. The monoisotopic (exact) mass is 164 g/mol. The summed E-state index contributed by atoms with van der Waals surface area (Å²) in [4.78, 5) is 12.4. The molecular weight excluding hydrogens is 154 g/mol. The number of carboxylic acid groups (broad SMARTS) is 1. The van der Waals surface area contributed by atoms with Crippen LogP contribution in [0, 0.1) is 6.07 Å². The molecule has 0 saturated heterocycles. The molecule has 0 saturated carbocycles. The summed E-state index contributed by atoms with van der Waals surface area (Å²) in [6, 6.07) is 7.64. The van der Waals surface area contributed by atoms with Gasteiger partial charge in [0, 0.05) is 19.8 Å².